The lowest BCUT2D eigenvalue weighted by molar-refractivity contribution is 0.137. The van der Waals surface area contributed by atoms with Crippen LogP contribution in [-0.2, 0) is 17.8 Å². The highest BCUT2D eigenvalue weighted by Gasteiger charge is 2.25. The van der Waals surface area contributed by atoms with Gasteiger partial charge in [-0.3, -0.25) is 4.90 Å². The fraction of sp³-hybridized carbons (Fsp3) is 0.357. The quantitative estimate of drug-likeness (QED) is 0.561. The van der Waals surface area contributed by atoms with Gasteiger partial charge >= 0.3 is 0 Å². The molecule has 2 heterocycles. The number of ether oxygens (including phenoxy) is 4. The molecule has 0 saturated carbocycles. The predicted octanol–water partition coefficient (Wildman–Crippen LogP) is 4.94. The Hall–Kier alpha value is -3.22. The molecule has 0 radical (unpaired) electrons. The van der Waals surface area contributed by atoms with E-state index in [1.165, 1.54) is 11.1 Å². The van der Waals surface area contributed by atoms with Gasteiger partial charge in [0.15, 0.2) is 11.5 Å². The largest absolute Gasteiger partial charge is 0.508 e. The van der Waals surface area contributed by atoms with Gasteiger partial charge in [0.2, 0.25) is 0 Å². The molecule has 1 atom stereocenters. The van der Waals surface area contributed by atoms with Gasteiger partial charge in [0, 0.05) is 37.2 Å². The lowest BCUT2D eigenvalue weighted by Gasteiger charge is -2.21. The van der Waals surface area contributed by atoms with Crippen molar-refractivity contribution >= 4 is 0 Å². The van der Waals surface area contributed by atoms with Crippen molar-refractivity contribution in [3.63, 3.8) is 0 Å². The molecule has 0 aliphatic carbocycles. The zero-order valence-electron chi connectivity index (χ0n) is 19.8. The molecule has 2 aliphatic heterocycles. The molecular formula is C28H31NO5. The molecule has 6 nitrogen and oxygen atoms in total. The highest BCUT2D eigenvalue weighted by Crippen LogP contribution is 2.40. The first kappa shape index (κ1) is 22.6. The fourth-order valence-corrected chi connectivity index (χ4v) is 4.65. The number of nitrogens with zero attached hydrogens (tertiary/aromatic N) is 1. The molecule has 0 bridgehead atoms. The van der Waals surface area contributed by atoms with Gasteiger partial charge in [-0.05, 0) is 53.9 Å². The van der Waals surface area contributed by atoms with Crippen LogP contribution in [0.3, 0.4) is 0 Å². The number of rotatable bonds is 6. The van der Waals surface area contributed by atoms with Gasteiger partial charge in [0.25, 0.3) is 0 Å². The number of hydrogen-bond acceptors (Lipinski definition) is 6. The van der Waals surface area contributed by atoms with Crippen LogP contribution in [0, 0.1) is 6.92 Å². The van der Waals surface area contributed by atoms with E-state index in [0.717, 1.165) is 53.5 Å². The van der Waals surface area contributed by atoms with E-state index in [9.17, 15) is 5.11 Å². The number of hydrogen-bond donors (Lipinski definition) is 1. The fourth-order valence-electron chi connectivity index (χ4n) is 4.65. The van der Waals surface area contributed by atoms with Crippen LogP contribution >= 0.6 is 0 Å². The van der Waals surface area contributed by atoms with Gasteiger partial charge in [-0.25, -0.2) is 0 Å². The minimum absolute atomic E-state index is 0.0351. The Morgan fingerprint density at radius 2 is 1.97 bits per heavy atom. The zero-order valence-corrected chi connectivity index (χ0v) is 19.8. The minimum Gasteiger partial charge on any atom is -0.508 e. The highest BCUT2D eigenvalue weighted by atomic mass is 16.6. The summed E-state index contributed by atoms with van der Waals surface area (Å²) in [6.07, 6.45) is 0.915. The average Bonchev–Trinajstić information content (AvgIpc) is 3.26. The molecule has 3 aromatic rings. The van der Waals surface area contributed by atoms with Crippen LogP contribution < -0.4 is 14.2 Å². The maximum absolute atomic E-state index is 10.4. The van der Waals surface area contributed by atoms with Crippen molar-refractivity contribution in [1.29, 1.82) is 0 Å². The van der Waals surface area contributed by atoms with Crippen molar-refractivity contribution in [2.24, 2.45) is 0 Å². The van der Waals surface area contributed by atoms with E-state index < -0.39 is 0 Å². The van der Waals surface area contributed by atoms with E-state index >= 15 is 0 Å². The Balaban J connectivity index is 1.50. The lowest BCUT2D eigenvalue weighted by Crippen LogP contribution is -2.25. The maximum Gasteiger partial charge on any atom is 0.165 e. The van der Waals surface area contributed by atoms with Crippen molar-refractivity contribution in [2.75, 3.05) is 33.5 Å². The molecule has 34 heavy (non-hydrogen) atoms. The van der Waals surface area contributed by atoms with Gasteiger partial charge in [-0.2, -0.15) is 0 Å². The standard InChI is InChI=1S/C28H31NO5/c1-19-5-3-4-6-25(19)20-13-22-17-29(16-21-14-23(31-2)7-8-26(21)30)10-12-33-28(22)27(15-20)34-24-9-11-32-18-24/h3-8,13-15,24,30H,9-12,16-18H2,1-2H3. The third-order valence-corrected chi connectivity index (χ3v) is 6.50. The molecule has 1 N–H and O–H groups in total. The second kappa shape index (κ2) is 9.95. The summed E-state index contributed by atoms with van der Waals surface area (Å²) in [5.74, 6) is 2.58. The molecule has 1 fully saturated rings. The van der Waals surface area contributed by atoms with Crippen LogP contribution in [0.15, 0.2) is 54.6 Å². The summed E-state index contributed by atoms with van der Waals surface area (Å²) in [4.78, 5) is 2.28. The van der Waals surface area contributed by atoms with E-state index in [2.05, 4.69) is 48.2 Å². The summed E-state index contributed by atoms with van der Waals surface area (Å²) in [6.45, 7) is 6.00. The van der Waals surface area contributed by atoms with Crippen LogP contribution in [0.25, 0.3) is 11.1 Å². The van der Waals surface area contributed by atoms with Crippen LogP contribution in [0.2, 0.25) is 0 Å². The normalized spacial score (nSPS) is 18.1. The number of fused-ring (bicyclic) bond motifs is 1. The van der Waals surface area contributed by atoms with E-state index in [1.54, 1.807) is 19.2 Å². The Bertz CT molecular complexity index is 1160. The second-order valence-corrected chi connectivity index (χ2v) is 8.93. The first-order valence-corrected chi connectivity index (χ1v) is 11.8. The Kier molecular flexibility index (Phi) is 6.61. The topological polar surface area (TPSA) is 60.4 Å². The molecule has 3 aromatic carbocycles. The SMILES string of the molecule is COc1ccc(O)c(CN2CCOc3c(cc(-c4ccccc4C)cc3OC3CCOC3)C2)c1. The second-order valence-electron chi connectivity index (χ2n) is 8.93. The third kappa shape index (κ3) is 4.83. The average molecular weight is 462 g/mol. The van der Waals surface area contributed by atoms with E-state index in [-0.39, 0.29) is 11.9 Å². The van der Waals surface area contributed by atoms with E-state index in [0.29, 0.717) is 26.3 Å². The zero-order chi connectivity index (χ0) is 23.5. The molecular weight excluding hydrogens is 430 g/mol. The molecule has 5 rings (SSSR count). The van der Waals surface area contributed by atoms with E-state index in [1.807, 2.05) is 6.07 Å². The molecule has 1 unspecified atom stereocenters. The van der Waals surface area contributed by atoms with Crippen LogP contribution in [-0.4, -0.2) is 49.6 Å². The van der Waals surface area contributed by atoms with Crippen molar-refractivity contribution in [3.05, 3.63) is 71.3 Å². The molecule has 1 saturated heterocycles. The number of phenols is 1. The maximum atomic E-state index is 10.4. The number of benzene rings is 3. The molecule has 0 aromatic heterocycles. The first-order valence-electron chi connectivity index (χ1n) is 11.8. The Morgan fingerprint density at radius 3 is 2.76 bits per heavy atom. The van der Waals surface area contributed by atoms with Gasteiger partial charge in [-0.1, -0.05) is 24.3 Å². The number of methoxy groups -OCH3 is 1. The summed E-state index contributed by atoms with van der Waals surface area (Å²) in [7, 11) is 1.64. The van der Waals surface area contributed by atoms with Gasteiger partial charge in [0.1, 0.15) is 24.2 Å². The minimum atomic E-state index is 0.0351. The lowest BCUT2D eigenvalue weighted by atomic mass is 9.97. The molecule has 0 spiro atoms. The van der Waals surface area contributed by atoms with Gasteiger partial charge in [0.05, 0.1) is 20.3 Å². The molecule has 2 aliphatic rings. The van der Waals surface area contributed by atoms with Crippen molar-refractivity contribution in [1.82, 2.24) is 4.90 Å². The van der Waals surface area contributed by atoms with Crippen LogP contribution in [0.1, 0.15) is 23.1 Å². The van der Waals surface area contributed by atoms with Gasteiger partial charge < -0.3 is 24.1 Å². The predicted molar refractivity (Wildman–Crippen MR) is 131 cm³/mol. The number of aromatic hydroxyl groups is 1. The molecule has 178 valence electrons. The third-order valence-electron chi connectivity index (χ3n) is 6.50. The van der Waals surface area contributed by atoms with Crippen molar-refractivity contribution in [3.8, 4) is 34.1 Å². The molecule has 0 amide bonds. The van der Waals surface area contributed by atoms with E-state index in [4.69, 9.17) is 18.9 Å². The van der Waals surface area contributed by atoms with Crippen molar-refractivity contribution < 1.29 is 24.1 Å². The number of phenolic OH excluding ortho intramolecular Hbond substituents is 1. The summed E-state index contributed by atoms with van der Waals surface area (Å²) in [5, 5.41) is 10.4. The highest BCUT2D eigenvalue weighted by molar-refractivity contribution is 5.72. The molecule has 6 heteroatoms. The van der Waals surface area contributed by atoms with Crippen LogP contribution in [0.5, 0.6) is 23.0 Å². The summed E-state index contributed by atoms with van der Waals surface area (Å²) in [6, 6.07) is 18.0. The van der Waals surface area contributed by atoms with Gasteiger partial charge in [-0.15, -0.1) is 0 Å². The smallest absolute Gasteiger partial charge is 0.165 e. The monoisotopic (exact) mass is 461 g/mol. The Labute approximate surface area is 200 Å². The van der Waals surface area contributed by atoms with Crippen LogP contribution in [0.4, 0.5) is 0 Å². The summed E-state index contributed by atoms with van der Waals surface area (Å²) >= 11 is 0. The van der Waals surface area contributed by atoms with Crippen molar-refractivity contribution in [2.45, 2.75) is 32.5 Å². The number of aryl methyl sites for hydroxylation is 1. The first-order chi connectivity index (χ1) is 16.6. The summed E-state index contributed by atoms with van der Waals surface area (Å²) < 4.78 is 23.6. The summed E-state index contributed by atoms with van der Waals surface area (Å²) in [5.41, 5.74) is 5.41. The Morgan fingerprint density at radius 1 is 1.09 bits per heavy atom.